The number of aldehydes is 1. The summed E-state index contributed by atoms with van der Waals surface area (Å²) in [5, 5.41) is 2.05. The molecule has 0 atom stereocenters. The Balaban J connectivity index is 1.78. The number of rotatable bonds is 6. The van der Waals surface area contributed by atoms with Crippen molar-refractivity contribution in [3.63, 3.8) is 0 Å². The zero-order chi connectivity index (χ0) is 18.8. The normalized spacial score (nSPS) is 11.0. The Labute approximate surface area is 162 Å². The van der Waals surface area contributed by atoms with Gasteiger partial charge >= 0.3 is 0 Å². The van der Waals surface area contributed by atoms with Crippen LogP contribution < -0.4 is 4.74 Å². The number of fused-ring (bicyclic) bond motifs is 1. The van der Waals surface area contributed by atoms with Gasteiger partial charge in [-0.15, -0.1) is 11.3 Å². The van der Waals surface area contributed by atoms with Crippen LogP contribution in [0.25, 0.3) is 27.5 Å². The molecule has 136 valence electrons. The summed E-state index contributed by atoms with van der Waals surface area (Å²) in [5.74, 6) is 0.828. The van der Waals surface area contributed by atoms with Gasteiger partial charge < -0.3 is 4.74 Å². The van der Waals surface area contributed by atoms with E-state index in [9.17, 15) is 4.79 Å². The quantitative estimate of drug-likeness (QED) is 0.409. The predicted octanol–water partition coefficient (Wildman–Crippen LogP) is 5.64. The third kappa shape index (κ3) is 3.26. The maximum Gasteiger partial charge on any atom is 0.195 e. The highest BCUT2D eigenvalue weighted by atomic mass is 32.1. The van der Waals surface area contributed by atoms with Crippen LogP contribution in [-0.2, 0) is 0 Å². The topological polar surface area (TPSA) is 43.6 Å². The van der Waals surface area contributed by atoms with E-state index >= 15 is 0 Å². The zero-order valence-electron chi connectivity index (χ0n) is 15.3. The Morgan fingerprint density at radius 1 is 1.07 bits per heavy atom. The van der Waals surface area contributed by atoms with Gasteiger partial charge in [-0.3, -0.25) is 9.20 Å². The Kier molecular flexibility index (Phi) is 4.77. The molecule has 5 heteroatoms. The number of ether oxygens (including phenoxy) is 1. The third-order valence-electron chi connectivity index (χ3n) is 4.46. The van der Waals surface area contributed by atoms with Crippen LogP contribution in [-0.4, -0.2) is 22.3 Å². The molecule has 0 saturated heterocycles. The molecule has 0 aliphatic rings. The Morgan fingerprint density at radius 2 is 1.78 bits per heavy atom. The van der Waals surface area contributed by atoms with Gasteiger partial charge in [0.15, 0.2) is 11.2 Å². The van der Waals surface area contributed by atoms with E-state index in [4.69, 9.17) is 9.72 Å². The molecule has 0 fully saturated rings. The smallest absolute Gasteiger partial charge is 0.195 e. The molecule has 0 unspecified atom stereocenters. The molecular formula is C22H20N2O2S. The number of carbonyl (C=O) groups is 1. The van der Waals surface area contributed by atoms with E-state index in [-0.39, 0.29) is 0 Å². The van der Waals surface area contributed by atoms with Crippen molar-refractivity contribution in [3.8, 4) is 28.3 Å². The van der Waals surface area contributed by atoms with Crippen molar-refractivity contribution in [2.24, 2.45) is 0 Å². The second-order valence-electron chi connectivity index (χ2n) is 6.44. The van der Waals surface area contributed by atoms with E-state index in [1.54, 1.807) is 11.3 Å². The minimum Gasteiger partial charge on any atom is -0.494 e. The molecule has 0 radical (unpaired) electrons. The van der Waals surface area contributed by atoms with E-state index in [0.29, 0.717) is 18.0 Å². The van der Waals surface area contributed by atoms with Gasteiger partial charge in [-0.1, -0.05) is 36.8 Å². The van der Waals surface area contributed by atoms with E-state index in [1.807, 2.05) is 34.0 Å². The lowest BCUT2D eigenvalue weighted by atomic mass is 10.1. The van der Waals surface area contributed by atoms with E-state index < -0.39 is 0 Å². The molecule has 4 aromatic rings. The molecule has 0 amide bonds. The number of nitrogens with zero attached hydrogens (tertiary/aromatic N) is 2. The number of carbonyl (C=O) groups excluding carboxylic acids is 1. The van der Waals surface area contributed by atoms with Crippen molar-refractivity contribution in [1.82, 2.24) is 9.38 Å². The molecule has 0 aliphatic carbocycles. The predicted molar refractivity (Wildman–Crippen MR) is 110 cm³/mol. The summed E-state index contributed by atoms with van der Waals surface area (Å²) in [6, 6.07) is 16.1. The first-order valence-corrected chi connectivity index (χ1v) is 9.84. The summed E-state index contributed by atoms with van der Waals surface area (Å²) in [6.45, 7) is 4.83. The van der Waals surface area contributed by atoms with Crippen LogP contribution in [0.2, 0.25) is 0 Å². The maximum atomic E-state index is 11.9. The summed E-state index contributed by atoms with van der Waals surface area (Å²) in [6.07, 6.45) is 1.86. The fraction of sp³-hybridized carbons (Fsp3) is 0.182. The lowest BCUT2D eigenvalue weighted by Gasteiger charge is -2.06. The molecule has 0 N–H and O–H groups in total. The molecule has 0 aliphatic heterocycles. The monoisotopic (exact) mass is 376 g/mol. The minimum atomic E-state index is 0.573. The first-order valence-electron chi connectivity index (χ1n) is 8.96. The van der Waals surface area contributed by atoms with Gasteiger partial charge in [0.05, 0.1) is 12.3 Å². The minimum absolute atomic E-state index is 0.573. The largest absolute Gasteiger partial charge is 0.494 e. The second kappa shape index (κ2) is 7.37. The fourth-order valence-electron chi connectivity index (χ4n) is 3.06. The lowest BCUT2D eigenvalue weighted by molar-refractivity contribution is 0.111. The molecule has 2 aromatic carbocycles. The van der Waals surface area contributed by atoms with Gasteiger partial charge in [-0.2, -0.15) is 0 Å². The van der Waals surface area contributed by atoms with Crippen LogP contribution in [0.15, 0.2) is 53.9 Å². The van der Waals surface area contributed by atoms with Crippen LogP contribution in [0.5, 0.6) is 5.75 Å². The van der Waals surface area contributed by atoms with Crippen molar-refractivity contribution in [3.05, 3.63) is 65.2 Å². The van der Waals surface area contributed by atoms with E-state index in [1.165, 1.54) is 5.56 Å². The van der Waals surface area contributed by atoms with Crippen LogP contribution in [0.3, 0.4) is 0 Å². The first-order chi connectivity index (χ1) is 13.2. The van der Waals surface area contributed by atoms with Gasteiger partial charge in [-0.05, 0) is 43.2 Å². The molecule has 4 nitrogen and oxygen atoms in total. The van der Waals surface area contributed by atoms with E-state index in [0.717, 1.165) is 40.2 Å². The summed E-state index contributed by atoms with van der Waals surface area (Å²) in [5.41, 5.74) is 5.45. The number of thiazole rings is 1. The van der Waals surface area contributed by atoms with E-state index in [2.05, 4.69) is 38.1 Å². The Hall–Kier alpha value is -2.92. The Morgan fingerprint density at radius 3 is 2.44 bits per heavy atom. The molecule has 0 bridgehead atoms. The molecule has 4 rings (SSSR count). The van der Waals surface area contributed by atoms with Crippen LogP contribution in [0.4, 0.5) is 0 Å². The highest BCUT2D eigenvalue weighted by Gasteiger charge is 2.18. The first kappa shape index (κ1) is 17.5. The number of hydrogen-bond acceptors (Lipinski definition) is 4. The number of aryl methyl sites for hydroxylation is 1. The SMILES string of the molecule is CCCOc1ccc(-c2nc3scc(-c4ccc(C)cc4)n3c2C=O)cc1. The van der Waals surface area contributed by atoms with Gasteiger partial charge in [0.2, 0.25) is 0 Å². The van der Waals surface area contributed by atoms with Gasteiger partial charge in [0.1, 0.15) is 17.1 Å². The fourth-order valence-corrected chi connectivity index (χ4v) is 3.96. The summed E-state index contributed by atoms with van der Waals surface area (Å²) in [7, 11) is 0. The Bertz CT molecular complexity index is 1080. The standard InChI is InChI=1S/C22H20N2O2S/c1-3-12-26-18-10-8-17(9-11-18)21-19(13-25)24-20(14-27-22(24)23-21)16-6-4-15(2)5-7-16/h4-11,13-14H,3,12H2,1-2H3. The van der Waals surface area contributed by atoms with Crippen molar-refractivity contribution in [2.45, 2.75) is 20.3 Å². The zero-order valence-corrected chi connectivity index (χ0v) is 16.1. The molecule has 2 heterocycles. The van der Waals surface area contributed by atoms with Crippen LogP contribution in [0.1, 0.15) is 29.4 Å². The number of hydrogen-bond donors (Lipinski definition) is 0. The molecule has 27 heavy (non-hydrogen) atoms. The number of aromatic nitrogens is 2. The van der Waals surface area contributed by atoms with Gasteiger partial charge in [0.25, 0.3) is 0 Å². The third-order valence-corrected chi connectivity index (χ3v) is 5.28. The average Bonchev–Trinajstić information content (AvgIpc) is 3.26. The van der Waals surface area contributed by atoms with Gasteiger partial charge in [0, 0.05) is 10.9 Å². The molecular weight excluding hydrogens is 356 g/mol. The molecule has 0 spiro atoms. The highest BCUT2D eigenvalue weighted by molar-refractivity contribution is 7.15. The van der Waals surface area contributed by atoms with Crippen molar-refractivity contribution >= 4 is 22.6 Å². The van der Waals surface area contributed by atoms with Crippen LogP contribution >= 0.6 is 11.3 Å². The summed E-state index contributed by atoms with van der Waals surface area (Å²) >= 11 is 1.54. The lowest BCUT2D eigenvalue weighted by Crippen LogP contribution is -1.96. The van der Waals surface area contributed by atoms with Crippen molar-refractivity contribution in [1.29, 1.82) is 0 Å². The highest BCUT2D eigenvalue weighted by Crippen LogP contribution is 2.33. The second-order valence-corrected chi connectivity index (χ2v) is 7.28. The molecule has 2 aromatic heterocycles. The summed E-state index contributed by atoms with van der Waals surface area (Å²) in [4.78, 5) is 17.5. The van der Waals surface area contributed by atoms with Crippen molar-refractivity contribution < 1.29 is 9.53 Å². The number of benzene rings is 2. The van der Waals surface area contributed by atoms with Crippen molar-refractivity contribution in [2.75, 3.05) is 6.61 Å². The van der Waals surface area contributed by atoms with Crippen LogP contribution in [0, 0.1) is 6.92 Å². The molecule has 0 saturated carbocycles. The number of imidazole rings is 1. The average molecular weight is 376 g/mol. The van der Waals surface area contributed by atoms with Gasteiger partial charge in [-0.25, -0.2) is 4.98 Å². The summed E-state index contributed by atoms with van der Waals surface area (Å²) < 4.78 is 7.58. The maximum absolute atomic E-state index is 11.9.